The fourth-order valence-corrected chi connectivity index (χ4v) is 3.56. The van der Waals surface area contributed by atoms with Gasteiger partial charge in [-0.3, -0.25) is 4.79 Å². The van der Waals surface area contributed by atoms with Crippen LogP contribution >= 0.6 is 7.94 Å². The Balaban J connectivity index is 1.76. The van der Waals surface area contributed by atoms with E-state index in [0.29, 0.717) is 11.4 Å². The van der Waals surface area contributed by atoms with E-state index in [0.717, 1.165) is 0 Å². The highest BCUT2D eigenvalue weighted by Gasteiger charge is 2.36. The van der Waals surface area contributed by atoms with Gasteiger partial charge in [0.1, 0.15) is 17.2 Å². The maximum atomic E-state index is 12.8. The van der Waals surface area contributed by atoms with Crippen molar-refractivity contribution in [3.63, 3.8) is 0 Å². The van der Waals surface area contributed by atoms with Crippen LogP contribution in [-0.2, 0) is 0 Å². The van der Waals surface area contributed by atoms with Gasteiger partial charge < -0.3 is 4.89 Å². The average molecular weight is 291 g/mol. The van der Waals surface area contributed by atoms with E-state index in [2.05, 4.69) is 15.3 Å². The molecule has 0 saturated carbocycles. The van der Waals surface area contributed by atoms with Gasteiger partial charge in [0, 0.05) is 5.56 Å². The molecule has 20 heavy (non-hydrogen) atoms. The summed E-state index contributed by atoms with van der Waals surface area (Å²) in [5.74, 6) is -0.973. The smallest absolute Gasteiger partial charge is 0.285 e. The van der Waals surface area contributed by atoms with Crippen LogP contribution in [0.3, 0.4) is 0 Å². The summed E-state index contributed by atoms with van der Waals surface area (Å²) in [5, 5.41) is 7.93. The first-order valence-electron chi connectivity index (χ1n) is 5.90. The number of halogens is 1. The number of rotatable bonds is 2. The highest BCUT2D eigenvalue weighted by Crippen LogP contribution is 2.53. The average Bonchev–Trinajstić information content (AvgIpc) is 2.75. The Morgan fingerprint density at radius 1 is 1.05 bits per heavy atom. The van der Waals surface area contributed by atoms with E-state index in [9.17, 15) is 14.1 Å². The van der Waals surface area contributed by atoms with E-state index in [-0.39, 0.29) is 5.56 Å². The Bertz CT molecular complexity index is 638. The normalized spacial score (nSPS) is 14.9. The van der Waals surface area contributed by atoms with Crippen molar-refractivity contribution in [3.05, 3.63) is 59.9 Å². The predicted octanol–water partition coefficient (Wildman–Crippen LogP) is 2.13. The molecule has 0 bridgehead atoms. The number of amides is 1. The lowest BCUT2D eigenvalue weighted by molar-refractivity contribution is -0.168. The van der Waals surface area contributed by atoms with Gasteiger partial charge in [-0.05, 0) is 36.4 Å². The topological polar surface area (TPSA) is 76.2 Å². The molecule has 0 spiro atoms. The molecule has 0 unspecified atom stereocenters. The largest absolute Gasteiger partial charge is 0.623 e. The summed E-state index contributed by atoms with van der Waals surface area (Å²) < 4.78 is 12.8. The lowest BCUT2D eigenvalue weighted by atomic mass is 10.2. The summed E-state index contributed by atoms with van der Waals surface area (Å²) in [6.45, 7) is 0. The second-order valence-corrected chi connectivity index (χ2v) is 6.22. The van der Waals surface area contributed by atoms with Crippen molar-refractivity contribution in [1.29, 1.82) is 0 Å². The molecule has 5 nitrogen and oxygen atoms in total. The number of hydrogen-bond acceptors (Lipinski definition) is 4. The first-order chi connectivity index (χ1) is 9.56. The van der Waals surface area contributed by atoms with Gasteiger partial charge in [-0.2, -0.15) is 5.09 Å². The molecular formula is C13H11FN3O2P. The van der Waals surface area contributed by atoms with E-state index in [1.54, 1.807) is 24.3 Å². The minimum Gasteiger partial charge on any atom is -0.623 e. The molecule has 2 aromatic rings. The number of nitrogens with one attached hydrogen (secondary N) is 3. The van der Waals surface area contributed by atoms with Crippen molar-refractivity contribution in [3.8, 4) is 0 Å². The Hall–Kier alpha value is -2.17. The lowest BCUT2D eigenvalue weighted by Gasteiger charge is -2.25. The maximum Gasteiger partial charge on any atom is 0.285 e. The number of hydrogen-bond donors (Lipinski definition) is 3. The number of para-hydroxylation sites is 2. The van der Waals surface area contributed by atoms with Crippen molar-refractivity contribution in [2.24, 2.45) is 0 Å². The highest BCUT2D eigenvalue weighted by molar-refractivity contribution is 7.71. The second-order valence-electron chi connectivity index (χ2n) is 4.33. The molecule has 1 heterocycles. The minimum absolute atomic E-state index is 0.237. The SMILES string of the molecule is O=C(N[P+]1([O-])Nc2ccccc2N1)c1ccc(F)cc1. The van der Waals surface area contributed by atoms with Crippen LogP contribution in [0.5, 0.6) is 0 Å². The van der Waals surface area contributed by atoms with E-state index >= 15 is 0 Å². The van der Waals surface area contributed by atoms with Gasteiger partial charge in [0.05, 0.1) is 0 Å². The van der Waals surface area contributed by atoms with Crippen LogP contribution in [0.25, 0.3) is 0 Å². The van der Waals surface area contributed by atoms with Gasteiger partial charge >= 0.3 is 0 Å². The number of carbonyl (C=O) groups is 1. The molecule has 0 aromatic heterocycles. The summed E-state index contributed by atoms with van der Waals surface area (Å²) in [6.07, 6.45) is 0. The number of carbonyl (C=O) groups excluding carboxylic acids is 1. The minimum atomic E-state index is -3.28. The van der Waals surface area contributed by atoms with Gasteiger partial charge in [-0.25, -0.2) is 14.6 Å². The van der Waals surface area contributed by atoms with Crippen molar-refractivity contribution >= 4 is 25.2 Å². The second kappa shape index (κ2) is 4.74. The summed E-state index contributed by atoms with van der Waals surface area (Å²) >= 11 is 0. The van der Waals surface area contributed by atoms with Gasteiger partial charge in [-0.1, -0.05) is 12.1 Å². The molecule has 2 aromatic carbocycles. The van der Waals surface area contributed by atoms with Gasteiger partial charge in [0.2, 0.25) is 0 Å². The Morgan fingerprint density at radius 3 is 2.15 bits per heavy atom. The van der Waals surface area contributed by atoms with Crippen molar-refractivity contribution in [1.82, 2.24) is 5.09 Å². The van der Waals surface area contributed by atoms with Crippen molar-refractivity contribution < 1.29 is 14.1 Å². The molecule has 1 aliphatic heterocycles. The predicted molar refractivity (Wildman–Crippen MR) is 74.5 cm³/mol. The van der Waals surface area contributed by atoms with Gasteiger partial charge in [-0.15, -0.1) is 0 Å². The number of anilines is 2. The van der Waals surface area contributed by atoms with Crippen LogP contribution in [0.4, 0.5) is 15.8 Å². The molecule has 1 aliphatic rings. The molecule has 0 aliphatic carbocycles. The summed E-state index contributed by atoms with van der Waals surface area (Å²) in [5.41, 5.74) is 1.56. The lowest BCUT2D eigenvalue weighted by Crippen LogP contribution is -2.36. The molecule has 0 saturated heterocycles. The molecule has 102 valence electrons. The molecular weight excluding hydrogens is 280 g/mol. The fraction of sp³-hybridized carbons (Fsp3) is 0. The fourth-order valence-electron chi connectivity index (χ4n) is 1.91. The van der Waals surface area contributed by atoms with E-state index < -0.39 is 19.7 Å². The molecule has 3 rings (SSSR count). The standard InChI is InChI=1S/C13H11FN3O2P/c14-10-7-5-9(6-8-10)13(18)17-20(19)15-11-3-1-2-4-12(11)16-20/h1-8H,(H3,15,16,17,18,19). The Kier molecular flexibility index (Phi) is 3.04. The van der Waals surface area contributed by atoms with Crippen molar-refractivity contribution in [2.75, 3.05) is 10.2 Å². The third-order valence-corrected chi connectivity index (χ3v) is 4.48. The van der Waals surface area contributed by atoms with Gasteiger partial charge in [0.15, 0.2) is 0 Å². The number of benzene rings is 2. The van der Waals surface area contributed by atoms with Crippen LogP contribution in [-0.4, -0.2) is 5.91 Å². The maximum absolute atomic E-state index is 12.8. The first-order valence-corrected chi connectivity index (χ1v) is 7.60. The summed E-state index contributed by atoms with van der Waals surface area (Å²) in [6, 6.07) is 12.1. The van der Waals surface area contributed by atoms with E-state index in [1.165, 1.54) is 24.3 Å². The highest BCUT2D eigenvalue weighted by atomic mass is 31.2. The van der Waals surface area contributed by atoms with Crippen molar-refractivity contribution in [2.45, 2.75) is 0 Å². The zero-order valence-corrected chi connectivity index (χ0v) is 11.2. The molecule has 1 amide bonds. The zero-order chi connectivity index (χ0) is 14.2. The van der Waals surface area contributed by atoms with Crippen LogP contribution in [0, 0.1) is 5.82 Å². The van der Waals surface area contributed by atoms with Crippen LogP contribution in [0.1, 0.15) is 10.4 Å². The van der Waals surface area contributed by atoms with Crippen LogP contribution in [0.15, 0.2) is 48.5 Å². The summed E-state index contributed by atoms with van der Waals surface area (Å²) in [7, 11) is -3.28. The molecule has 3 N–H and O–H groups in total. The molecule has 0 fully saturated rings. The molecule has 0 radical (unpaired) electrons. The van der Waals surface area contributed by atoms with E-state index in [4.69, 9.17) is 0 Å². The van der Waals surface area contributed by atoms with Crippen LogP contribution in [0.2, 0.25) is 0 Å². The first kappa shape index (κ1) is 12.8. The van der Waals surface area contributed by atoms with E-state index in [1.807, 2.05) is 0 Å². The zero-order valence-electron chi connectivity index (χ0n) is 10.3. The monoisotopic (exact) mass is 291 g/mol. The Morgan fingerprint density at radius 2 is 1.60 bits per heavy atom. The molecule has 7 heteroatoms. The number of fused-ring (bicyclic) bond motifs is 1. The molecule has 0 atom stereocenters. The quantitative estimate of drug-likeness (QED) is 0.741. The van der Waals surface area contributed by atoms with Crippen LogP contribution < -0.4 is 20.2 Å². The third kappa shape index (κ3) is 2.43. The van der Waals surface area contributed by atoms with Gasteiger partial charge in [0.25, 0.3) is 13.8 Å². The Labute approximate surface area is 115 Å². The third-order valence-electron chi connectivity index (χ3n) is 2.85. The summed E-state index contributed by atoms with van der Waals surface area (Å²) in [4.78, 5) is 24.5.